The summed E-state index contributed by atoms with van der Waals surface area (Å²) in [7, 11) is 0. The van der Waals surface area contributed by atoms with Crippen molar-refractivity contribution in [2.75, 3.05) is 37.4 Å². The Balaban J connectivity index is 1.43. The summed E-state index contributed by atoms with van der Waals surface area (Å²) in [6.45, 7) is 3.56. The highest BCUT2D eigenvalue weighted by atomic mass is 35.5. The molecule has 3 atom stereocenters. The molecule has 8 nitrogen and oxygen atoms in total. The van der Waals surface area contributed by atoms with Crippen LogP contribution >= 0.6 is 22.9 Å². The number of halogens is 4. The first kappa shape index (κ1) is 27.3. The van der Waals surface area contributed by atoms with Gasteiger partial charge in [-0.2, -0.15) is 15.2 Å². The van der Waals surface area contributed by atoms with E-state index in [0.29, 0.717) is 25.2 Å². The van der Waals surface area contributed by atoms with Crippen molar-refractivity contribution in [2.24, 2.45) is 0 Å². The van der Waals surface area contributed by atoms with E-state index >= 15 is 4.39 Å². The number of rotatable bonds is 4. The van der Waals surface area contributed by atoms with E-state index in [2.05, 4.69) is 20.2 Å². The minimum absolute atomic E-state index is 0.0367. The fraction of sp³-hybridized carbons (Fsp3) is 0.414. The molecule has 7 rings (SSSR count). The van der Waals surface area contributed by atoms with Crippen LogP contribution in [0.1, 0.15) is 38.2 Å². The summed E-state index contributed by atoms with van der Waals surface area (Å²) in [6.07, 6.45) is 1.77. The summed E-state index contributed by atoms with van der Waals surface area (Å²) in [4.78, 5) is 11.2. The Kier molecular flexibility index (Phi) is 6.53. The number of nitriles is 1. The van der Waals surface area contributed by atoms with Crippen LogP contribution in [-0.4, -0.2) is 58.9 Å². The zero-order chi connectivity index (χ0) is 29.3. The maximum absolute atomic E-state index is 16.7. The number of ether oxygens (including phenoxy) is 2. The molecule has 3 aliphatic heterocycles. The lowest BCUT2D eigenvalue weighted by molar-refractivity contribution is 0.107. The molecule has 0 radical (unpaired) electrons. The molecular formula is C29H26ClF3N6O2S. The predicted molar refractivity (Wildman–Crippen MR) is 156 cm³/mol. The van der Waals surface area contributed by atoms with E-state index in [1.54, 1.807) is 0 Å². The second-order valence-corrected chi connectivity index (χ2v) is 12.6. The molecule has 0 amide bonds. The third-order valence-electron chi connectivity index (χ3n) is 8.57. The van der Waals surface area contributed by atoms with Crippen LogP contribution in [0.3, 0.4) is 0 Å². The van der Waals surface area contributed by atoms with Crippen molar-refractivity contribution in [3.63, 3.8) is 0 Å². The number of anilines is 2. The van der Waals surface area contributed by atoms with Crippen molar-refractivity contribution in [2.45, 2.75) is 50.4 Å². The highest BCUT2D eigenvalue weighted by molar-refractivity contribution is 7.23. The van der Waals surface area contributed by atoms with Crippen LogP contribution < -0.4 is 20.5 Å². The number of fused-ring (bicyclic) bond motifs is 2. The van der Waals surface area contributed by atoms with Crippen LogP contribution in [0.2, 0.25) is 5.02 Å². The number of hydrogen-bond acceptors (Lipinski definition) is 9. The summed E-state index contributed by atoms with van der Waals surface area (Å²) >= 11 is 7.78. The summed E-state index contributed by atoms with van der Waals surface area (Å²) in [5, 5.41) is 13.6. The van der Waals surface area contributed by atoms with Gasteiger partial charge in [0, 0.05) is 36.4 Å². The molecule has 0 bridgehead atoms. The number of alkyl halides is 1. The van der Waals surface area contributed by atoms with Gasteiger partial charge in [-0.1, -0.05) is 17.7 Å². The van der Waals surface area contributed by atoms with Crippen LogP contribution in [0.5, 0.6) is 11.8 Å². The number of nitrogens with zero attached hydrogens (tertiary/aromatic N) is 4. The first-order valence-corrected chi connectivity index (χ1v) is 14.9. The number of nitrogen functional groups attached to an aromatic ring is 1. The first-order chi connectivity index (χ1) is 20.2. The van der Waals surface area contributed by atoms with E-state index < -0.39 is 23.3 Å². The van der Waals surface area contributed by atoms with Crippen LogP contribution in [0, 0.1) is 23.0 Å². The van der Waals surface area contributed by atoms with Crippen LogP contribution in [-0.2, 0) is 0 Å². The molecule has 3 N–H and O–H groups in total. The topological polar surface area (TPSA) is 109 Å². The van der Waals surface area contributed by atoms with Crippen LogP contribution in [0.15, 0.2) is 12.1 Å². The minimum Gasteiger partial charge on any atom is -0.491 e. The Labute approximate surface area is 248 Å². The minimum atomic E-state index is -0.929. The Hall–Kier alpha value is -3.53. The molecule has 0 saturated carbocycles. The molecule has 0 spiro atoms. The molecule has 4 aromatic rings. The quantitative estimate of drug-likeness (QED) is 0.270. The molecule has 2 aromatic heterocycles. The number of nitrogens with two attached hydrogens (primary N) is 1. The third kappa shape index (κ3) is 4.12. The number of thiophene rings is 1. The van der Waals surface area contributed by atoms with E-state index in [-0.39, 0.29) is 78.7 Å². The van der Waals surface area contributed by atoms with Gasteiger partial charge in [0.1, 0.15) is 41.0 Å². The summed E-state index contributed by atoms with van der Waals surface area (Å²) in [5.74, 6) is -0.934. The molecule has 2 saturated heterocycles. The van der Waals surface area contributed by atoms with E-state index in [0.717, 1.165) is 30.7 Å². The number of nitrogens with one attached hydrogen (secondary N) is 1. The fourth-order valence-corrected chi connectivity index (χ4v) is 7.88. The van der Waals surface area contributed by atoms with Crippen molar-refractivity contribution in [3.8, 4) is 29.0 Å². The zero-order valence-corrected chi connectivity index (χ0v) is 24.1. The summed E-state index contributed by atoms with van der Waals surface area (Å²) in [5.41, 5.74) is 5.60. The highest BCUT2D eigenvalue weighted by Gasteiger charge is 2.49. The van der Waals surface area contributed by atoms with E-state index in [1.165, 1.54) is 12.1 Å². The Morgan fingerprint density at radius 1 is 1.33 bits per heavy atom. The average Bonchev–Trinajstić information content (AvgIpc) is 3.59. The lowest BCUT2D eigenvalue weighted by Gasteiger charge is -2.31. The monoisotopic (exact) mass is 614 g/mol. The summed E-state index contributed by atoms with van der Waals surface area (Å²) in [6, 6.07) is 4.44. The van der Waals surface area contributed by atoms with Crippen molar-refractivity contribution in [1.29, 1.82) is 5.26 Å². The largest absolute Gasteiger partial charge is 0.491 e. The van der Waals surface area contributed by atoms with Crippen molar-refractivity contribution >= 4 is 54.7 Å². The van der Waals surface area contributed by atoms with E-state index in [9.17, 15) is 14.0 Å². The van der Waals surface area contributed by atoms with Gasteiger partial charge in [-0.3, -0.25) is 4.90 Å². The SMILES string of the molecule is C[C@@H]1CCOc2c(Cl)c(-c3ccc(F)c4sc(N)c(C#N)c34)c(F)c3nc(OC[C@@]45CCCN4C[C@H](F)C5)nc(c23)N1. The first-order valence-electron chi connectivity index (χ1n) is 13.8. The van der Waals surface area contributed by atoms with Gasteiger partial charge in [-0.05, 0) is 37.9 Å². The maximum Gasteiger partial charge on any atom is 0.319 e. The molecule has 42 heavy (non-hydrogen) atoms. The normalized spacial score (nSPS) is 23.7. The van der Waals surface area contributed by atoms with Gasteiger partial charge in [0.05, 0.1) is 32.8 Å². The van der Waals surface area contributed by atoms with E-state index in [1.807, 2.05) is 13.0 Å². The zero-order valence-electron chi connectivity index (χ0n) is 22.6. The Morgan fingerprint density at radius 3 is 2.98 bits per heavy atom. The smallest absolute Gasteiger partial charge is 0.319 e. The van der Waals surface area contributed by atoms with Crippen LogP contribution in [0.25, 0.3) is 32.1 Å². The molecule has 0 aliphatic carbocycles. The third-order valence-corrected chi connectivity index (χ3v) is 9.96. The second kappa shape index (κ2) is 10.0. The van der Waals surface area contributed by atoms with Crippen LogP contribution in [0.4, 0.5) is 24.0 Å². The summed E-state index contributed by atoms with van der Waals surface area (Å²) < 4.78 is 58.2. The van der Waals surface area contributed by atoms with Crippen molar-refractivity contribution in [1.82, 2.24) is 14.9 Å². The van der Waals surface area contributed by atoms with E-state index in [4.69, 9.17) is 26.8 Å². The average molecular weight is 615 g/mol. The molecule has 5 heterocycles. The molecule has 0 unspecified atom stereocenters. The number of benzene rings is 2. The molecule has 3 aliphatic rings. The van der Waals surface area contributed by atoms with Gasteiger partial charge in [0.15, 0.2) is 11.6 Å². The van der Waals surface area contributed by atoms with Gasteiger partial charge >= 0.3 is 6.01 Å². The van der Waals surface area contributed by atoms with Gasteiger partial charge < -0.3 is 20.5 Å². The maximum atomic E-state index is 16.7. The molecule has 2 fully saturated rings. The molecule has 218 valence electrons. The standard InChI is InChI=1S/C29H26ClF3N6O2S/c1-13-5-8-40-24-20-23(37-28(38-27(20)36-13)41-12-29-6-2-7-39(29)11-14(31)9-29)22(33)19(21(24)30)15-3-4-17(32)25-18(15)16(10-34)26(35)42-25/h3-4,13-14H,2,5-9,11-12,35H2,1H3,(H,36,37,38)/t13-,14-,29+/m1/s1. The Morgan fingerprint density at radius 2 is 2.17 bits per heavy atom. The van der Waals surface area contributed by atoms with Gasteiger partial charge in [-0.25, -0.2) is 13.2 Å². The highest BCUT2D eigenvalue weighted by Crippen LogP contribution is 2.50. The van der Waals surface area contributed by atoms with Gasteiger partial charge in [0.2, 0.25) is 0 Å². The predicted octanol–water partition coefficient (Wildman–Crippen LogP) is 6.44. The molecule has 2 aromatic carbocycles. The van der Waals surface area contributed by atoms with Gasteiger partial charge in [0.25, 0.3) is 0 Å². The lowest BCUT2D eigenvalue weighted by Crippen LogP contribution is -2.43. The fourth-order valence-electron chi connectivity index (χ4n) is 6.59. The second-order valence-electron chi connectivity index (χ2n) is 11.2. The number of hydrogen-bond donors (Lipinski definition) is 2. The number of aromatic nitrogens is 2. The van der Waals surface area contributed by atoms with Crippen molar-refractivity contribution < 1.29 is 22.6 Å². The Bertz CT molecular complexity index is 1810. The molecule has 13 heteroatoms. The lowest BCUT2D eigenvalue weighted by atomic mass is 9.95. The molecular weight excluding hydrogens is 589 g/mol. The van der Waals surface area contributed by atoms with Crippen molar-refractivity contribution in [3.05, 3.63) is 34.4 Å². The van der Waals surface area contributed by atoms with Gasteiger partial charge in [-0.15, -0.1) is 11.3 Å².